The van der Waals surface area contributed by atoms with E-state index in [9.17, 15) is 8.78 Å². The molecule has 1 saturated carbocycles. The third-order valence-corrected chi connectivity index (χ3v) is 7.45. The average molecular weight is 441 g/mol. The molecule has 1 aliphatic rings. The van der Waals surface area contributed by atoms with E-state index in [-0.39, 0.29) is 16.5 Å². The SMILES string of the molecule is CCCC(C)C1(c2ccc3c(F)c(-c4cc(F)c(OC)c(F)c4)ccc3c2)CCCCC1. The van der Waals surface area contributed by atoms with Crippen LogP contribution in [0.3, 0.4) is 0 Å². The number of hydrogen-bond donors (Lipinski definition) is 0. The van der Waals surface area contributed by atoms with Crippen molar-refractivity contribution in [3.05, 3.63) is 65.5 Å². The quantitative estimate of drug-likeness (QED) is 0.373. The monoisotopic (exact) mass is 440 g/mol. The van der Waals surface area contributed by atoms with Crippen LogP contribution in [0.25, 0.3) is 21.9 Å². The van der Waals surface area contributed by atoms with Crippen molar-refractivity contribution in [1.29, 1.82) is 0 Å². The molecule has 3 aromatic carbocycles. The average Bonchev–Trinajstić information content (AvgIpc) is 2.79. The van der Waals surface area contributed by atoms with E-state index in [1.165, 1.54) is 51.2 Å². The summed E-state index contributed by atoms with van der Waals surface area (Å²) >= 11 is 0. The van der Waals surface area contributed by atoms with E-state index in [0.717, 1.165) is 23.9 Å². The molecule has 0 aromatic heterocycles. The first kappa shape index (κ1) is 22.7. The van der Waals surface area contributed by atoms with E-state index in [2.05, 4.69) is 26.0 Å². The number of rotatable bonds is 6. The third-order valence-electron chi connectivity index (χ3n) is 7.45. The van der Waals surface area contributed by atoms with Crippen LogP contribution < -0.4 is 4.74 Å². The number of fused-ring (bicyclic) bond motifs is 1. The molecular formula is C28H31F3O. The molecule has 170 valence electrons. The summed E-state index contributed by atoms with van der Waals surface area (Å²) in [5, 5.41) is 1.30. The van der Waals surface area contributed by atoms with Crippen LogP contribution in [0.4, 0.5) is 13.2 Å². The maximum Gasteiger partial charge on any atom is 0.190 e. The Bertz CT molecular complexity index is 1090. The highest BCUT2D eigenvalue weighted by atomic mass is 19.1. The van der Waals surface area contributed by atoms with E-state index in [1.54, 1.807) is 6.07 Å². The van der Waals surface area contributed by atoms with E-state index in [4.69, 9.17) is 4.74 Å². The van der Waals surface area contributed by atoms with E-state index in [1.807, 2.05) is 12.1 Å². The number of hydrogen-bond acceptors (Lipinski definition) is 1. The fourth-order valence-electron chi connectivity index (χ4n) is 5.69. The molecule has 0 saturated heterocycles. The standard InChI is InChI=1S/C28H31F3O/c1-4-8-18(2)28(13-6-5-7-14-28)21-10-12-22-19(15-21)9-11-23(26(22)31)20-16-24(29)27(32-3)25(30)17-20/h9-12,15-18H,4-8,13-14H2,1-3H3. The third kappa shape index (κ3) is 3.89. The topological polar surface area (TPSA) is 9.23 Å². The maximum absolute atomic E-state index is 15.5. The molecule has 1 atom stereocenters. The lowest BCUT2D eigenvalue weighted by Crippen LogP contribution is -2.36. The molecule has 32 heavy (non-hydrogen) atoms. The molecule has 4 heteroatoms. The fraction of sp³-hybridized carbons (Fsp3) is 0.429. The normalized spacial score (nSPS) is 16.8. The summed E-state index contributed by atoms with van der Waals surface area (Å²) in [5.74, 6) is -2.04. The summed E-state index contributed by atoms with van der Waals surface area (Å²) < 4.78 is 48.6. The highest BCUT2D eigenvalue weighted by Gasteiger charge is 2.38. The lowest BCUT2D eigenvalue weighted by atomic mass is 9.61. The minimum Gasteiger partial charge on any atom is -0.491 e. The van der Waals surface area contributed by atoms with Gasteiger partial charge in [0.25, 0.3) is 0 Å². The zero-order chi connectivity index (χ0) is 22.9. The molecule has 0 N–H and O–H groups in total. The van der Waals surface area contributed by atoms with Crippen molar-refractivity contribution < 1.29 is 17.9 Å². The van der Waals surface area contributed by atoms with Crippen molar-refractivity contribution in [2.45, 2.75) is 64.2 Å². The van der Waals surface area contributed by atoms with Crippen LogP contribution in [0, 0.1) is 23.4 Å². The predicted molar refractivity (Wildman–Crippen MR) is 125 cm³/mol. The lowest BCUT2D eigenvalue weighted by Gasteiger charge is -2.43. The molecule has 0 amide bonds. The smallest absolute Gasteiger partial charge is 0.190 e. The Balaban J connectivity index is 1.79. The van der Waals surface area contributed by atoms with E-state index < -0.39 is 23.2 Å². The lowest BCUT2D eigenvalue weighted by molar-refractivity contribution is 0.193. The van der Waals surface area contributed by atoms with Crippen LogP contribution in [-0.4, -0.2) is 7.11 Å². The van der Waals surface area contributed by atoms with Gasteiger partial charge in [-0.15, -0.1) is 0 Å². The number of benzene rings is 3. The first-order valence-electron chi connectivity index (χ1n) is 11.7. The Morgan fingerprint density at radius 3 is 2.25 bits per heavy atom. The van der Waals surface area contributed by atoms with Gasteiger partial charge in [-0.2, -0.15) is 0 Å². The molecule has 3 aromatic rings. The van der Waals surface area contributed by atoms with Gasteiger partial charge in [0.15, 0.2) is 17.4 Å². The largest absolute Gasteiger partial charge is 0.491 e. The van der Waals surface area contributed by atoms with Gasteiger partial charge < -0.3 is 4.74 Å². The number of methoxy groups -OCH3 is 1. The Labute approximate surface area is 188 Å². The fourth-order valence-corrected chi connectivity index (χ4v) is 5.69. The second-order valence-corrected chi connectivity index (χ2v) is 9.24. The van der Waals surface area contributed by atoms with Crippen LogP contribution in [-0.2, 0) is 5.41 Å². The molecule has 1 unspecified atom stereocenters. The highest BCUT2D eigenvalue weighted by Crippen LogP contribution is 2.47. The Hall–Kier alpha value is -2.49. The molecule has 4 rings (SSSR count). The van der Waals surface area contributed by atoms with Gasteiger partial charge in [0.05, 0.1) is 7.11 Å². The molecule has 1 nitrogen and oxygen atoms in total. The van der Waals surface area contributed by atoms with Crippen LogP contribution >= 0.6 is 0 Å². The van der Waals surface area contributed by atoms with Crippen molar-refractivity contribution in [3.63, 3.8) is 0 Å². The van der Waals surface area contributed by atoms with Crippen molar-refractivity contribution >= 4 is 10.8 Å². The van der Waals surface area contributed by atoms with Crippen molar-refractivity contribution in [1.82, 2.24) is 0 Å². The summed E-state index contributed by atoms with van der Waals surface area (Å²) in [7, 11) is 1.20. The van der Waals surface area contributed by atoms with Crippen LogP contribution in [0.1, 0.15) is 64.4 Å². The maximum atomic E-state index is 15.5. The number of halogens is 3. The van der Waals surface area contributed by atoms with Crippen LogP contribution in [0.5, 0.6) is 5.75 Å². The minimum absolute atomic E-state index is 0.139. The van der Waals surface area contributed by atoms with Gasteiger partial charge in [-0.25, -0.2) is 13.2 Å². The van der Waals surface area contributed by atoms with Gasteiger partial charge in [-0.3, -0.25) is 0 Å². The van der Waals surface area contributed by atoms with Gasteiger partial charge in [-0.05, 0) is 52.8 Å². The second kappa shape index (κ2) is 9.17. The van der Waals surface area contributed by atoms with Gasteiger partial charge in [0, 0.05) is 10.9 Å². The molecule has 1 aliphatic carbocycles. The van der Waals surface area contributed by atoms with Gasteiger partial charge >= 0.3 is 0 Å². The first-order chi connectivity index (χ1) is 15.4. The highest BCUT2D eigenvalue weighted by molar-refractivity contribution is 5.89. The second-order valence-electron chi connectivity index (χ2n) is 9.24. The predicted octanol–water partition coefficient (Wildman–Crippen LogP) is 8.57. The van der Waals surface area contributed by atoms with Crippen molar-refractivity contribution in [2.24, 2.45) is 5.92 Å². The van der Waals surface area contributed by atoms with E-state index in [0.29, 0.717) is 11.3 Å². The molecule has 0 aliphatic heterocycles. The number of ether oxygens (including phenoxy) is 1. The zero-order valence-electron chi connectivity index (χ0n) is 19.1. The van der Waals surface area contributed by atoms with Gasteiger partial charge in [0.2, 0.25) is 0 Å². The molecular weight excluding hydrogens is 409 g/mol. The summed E-state index contributed by atoms with van der Waals surface area (Å²) in [6.45, 7) is 4.59. The minimum atomic E-state index is -0.846. The van der Waals surface area contributed by atoms with Crippen molar-refractivity contribution in [3.8, 4) is 16.9 Å². The zero-order valence-corrected chi connectivity index (χ0v) is 19.1. The molecule has 0 heterocycles. The molecule has 0 spiro atoms. The Kier molecular flexibility index (Phi) is 6.50. The molecule has 1 fully saturated rings. The van der Waals surface area contributed by atoms with Crippen LogP contribution in [0.15, 0.2) is 42.5 Å². The summed E-state index contributed by atoms with van der Waals surface area (Å²) in [4.78, 5) is 0. The van der Waals surface area contributed by atoms with Crippen molar-refractivity contribution in [2.75, 3.05) is 7.11 Å². The summed E-state index contributed by atoms with van der Waals surface area (Å²) in [6, 6.07) is 11.8. The van der Waals surface area contributed by atoms with Gasteiger partial charge in [0.1, 0.15) is 5.82 Å². The summed E-state index contributed by atoms with van der Waals surface area (Å²) in [6.07, 6.45) is 8.42. The van der Waals surface area contributed by atoms with Crippen LogP contribution in [0.2, 0.25) is 0 Å². The Morgan fingerprint density at radius 2 is 1.62 bits per heavy atom. The van der Waals surface area contributed by atoms with Gasteiger partial charge in [-0.1, -0.05) is 76.3 Å². The first-order valence-corrected chi connectivity index (χ1v) is 11.7. The summed E-state index contributed by atoms with van der Waals surface area (Å²) in [5.41, 5.74) is 1.76. The molecule has 0 radical (unpaired) electrons. The molecule has 0 bridgehead atoms. The Morgan fingerprint density at radius 1 is 0.938 bits per heavy atom. The van der Waals surface area contributed by atoms with E-state index >= 15 is 4.39 Å².